The molecule has 0 spiro atoms. The predicted molar refractivity (Wildman–Crippen MR) is 73.2 cm³/mol. The molecule has 4 heteroatoms. The Morgan fingerprint density at radius 1 is 1.39 bits per heavy atom. The number of hydrogen-bond donors (Lipinski definition) is 2. The third-order valence-corrected chi connectivity index (χ3v) is 3.34. The highest BCUT2D eigenvalue weighted by atomic mass is 16.5. The molecule has 0 fully saturated rings. The lowest BCUT2D eigenvalue weighted by molar-refractivity contribution is 0.192. The molecule has 0 heterocycles. The number of nitrogens with zero attached hydrogens (tertiary/aromatic N) is 1. The van der Waals surface area contributed by atoms with Gasteiger partial charge in [0.25, 0.3) is 0 Å². The van der Waals surface area contributed by atoms with Gasteiger partial charge in [0, 0.05) is 18.3 Å². The monoisotopic (exact) mass is 253 g/mol. The molecule has 0 radical (unpaired) electrons. The van der Waals surface area contributed by atoms with Crippen LogP contribution in [0.4, 0.5) is 5.69 Å². The standard InChI is InChI=1S/C14H23NO3/c1-10(17)13-11(7-6-8-12(13)18-5)15(4)14(2,3)9-16/h6-8,10,16-17H,9H2,1-5H3/t10-/m1/s1. The van der Waals surface area contributed by atoms with Crippen molar-refractivity contribution in [2.75, 3.05) is 25.7 Å². The predicted octanol–water partition coefficient (Wildman–Crippen LogP) is 1.96. The molecule has 4 nitrogen and oxygen atoms in total. The zero-order chi connectivity index (χ0) is 13.9. The van der Waals surface area contributed by atoms with Crippen LogP contribution in [0.15, 0.2) is 18.2 Å². The first kappa shape index (κ1) is 14.8. The summed E-state index contributed by atoms with van der Waals surface area (Å²) in [6.45, 7) is 5.62. The number of benzene rings is 1. The van der Waals surface area contributed by atoms with E-state index < -0.39 is 11.6 Å². The van der Waals surface area contributed by atoms with Gasteiger partial charge in [-0.1, -0.05) is 6.07 Å². The van der Waals surface area contributed by atoms with Crippen LogP contribution in [0, 0.1) is 0 Å². The number of likely N-dealkylation sites (N-methyl/N-ethyl adjacent to an activating group) is 1. The zero-order valence-electron chi connectivity index (χ0n) is 11.8. The molecule has 0 amide bonds. The quantitative estimate of drug-likeness (QED) is 0.842. The summed E-state index contributed by atoms with van der Waals surface area (Å²) in [5.41, 5.74) is 1.20. The van der Waals surface area contributed by atoms with Crippen LogP contribution < -0.4 is 9.64 Å². The third kappa shape index (κ3) is 2.76. The molecule has 0 saturated heterocycles. The first-order chi connectivity index (χ1) is 8.35. The summed E-state index contributed by atoms with van der Waals surface area (Å²) in [7, 11) is 3.49. The number of rotatable bonds is 5. The van der Waals surface area contributed by atoms with E-state index in [-0.39, 0.29) is 6.61 Å². The second-order valence-corrected chi connectivity index (χ2v) is 5.10. The number of hydrogen-bond acceptors (Lipinski definition) is 4. The Hall–Kier alpha value is -1.26. The van der Waals surface area contributed by atoms with Crippen molar-refractivity contribution in [3.05, 3.63) is 23.8 Å². The molecular formula is C14H23NO3. The van der Waals surface area contributed by atoms with Crippen LogP contribution in [-0.4, -0.2) is 36.5 Å². The maximum atomic E-state index is 9.93. The Labute approximate surface area is 109 Å². The number of methoxy groups -OCH3 is 1. The molecule has 0 saturated carbocycles. The van der Waals surface area contributed by atoms with E-state index in [0.29, 0.717) is 5.75 Å². The summed E-state index contributed by atoms with van der Waals surface area (Å²) < 4.78 is 5.29. The molecule has 0 aliphatic carbocycles. The van der Waals surface area contributed by atoms with Crippen LogP contribution in [0.25, 0.3) is 0 Å². The largest absolute Gasteiger partial charge is 0.496 e. The summed E-state index contributed by atoms with van der Waals surface area (Å²) >= 11 is 0. The zero-order valence-corrected chi connectivity index (χ0v) is 11.8. The van der Waals surface area contributed by atoms with Crippen molar-refractivity contribution in [3.63, 3.8) is 0 Å². The fourth-order valence-corrected chi connectivity index (χ4v) is 1.85. The van der Waals surface area contributed by atoms with Gasteiger partial charge in [-0.3, -0.25) is 0 Å². The lowest BCUT2D eigenvalue weighted by Gasteiger charge is -2.37. The van der Waals surface area contributed by atoms with Crippen LogP contribution in [0.3, 0.4) is 0 Å². The molecule has 0 unspecified atom stereocenters. The molecule has 0 aliphatic rings. The van der Waals surface area contributed by atoms with E-state index in [9.17, 15) is 10.2 Å². The van der Waals surface area contributed by atoms with E-state index in [1.54, 1.807) is 14.0 Å². The van der Waals surface area contributed by atoms with Crippen molar-refractivity contribution in [1.29, 1.82) is 0 Å². The summed E-state index contributed by atoms with van der Waals surface area (Å²) in [5.74, 6) is 0.656. The van der Waals surface area contributed by atoms with Gasteiger partial charge in [0.05, 0.1) is 25.4 Å². The average Bonchev–Trinajstić information content (AvgIpc) is 2.36. The van der Waals surface area contributed by atoms with Crippen molar-refractivity contribution in [3.8, 4) is 5.75 Å². The molecule has 1 aromatic carbocycles. The Morgan fingerprint density at radius 3 is 2.44 bits per heavy atom. The van der Waals surface area contributed by atoms with Gasteiger partial charge >= 0.3 is 0 Å². The highest BCUT2D eigenvalue weighted by molar-refractivity contribution is 5.61. The number of anilines is 1. The maximum Gasteiger partial charge on any atom is 0.126 e. The number of ether oxygens (including phenoxy) is 1. The lowest BCUT2D eigenvalue weighted by atomic mass is 9.99. The van der Waals surface area contributed by atoms with E-state index in [4.69, 9.17) is 4.74 Å². The van der Waals surface area contributed by atoms with Crippen molar-refractivity contribution in [2.45, 2.75) is 32.4 Å². The van der Waals surface area contributed by atoms with Crippen LogP contribution in [-0.2, 0) is 0 Å². The van der Waals surface area contributed by atoms with Crippen molar-refractivity contribution < 1.29 is 14.9 Å². The minimum Gasteiger partial charge on any atom is -0.496 e. The molecule has 1 rings (SSSR count). The van der Waals surface area contributed by atoms with E-state index in [0.717, 1.165) is 11.3 Å². The Kier molecular flexibility index (Phi) is 4.59. The molecule has 0 bridgehead atoms. The smallest absolute Gasteiger partial charge is 0.126 e. The minimum atomic E-state index is -0.631. The van der Waals surface area contributed by atoms with Crippen molar-refractivity contribution >= 4 is 5.69 Å². The second-order valence-electron chi connectivity index (χ2n) is 5.10. The molecule has 102 valence electrons. The maximum absolute atomic E-state index is 9.93. The van der Waals surface area contributed by atoms with Crippen LogP contribution in [0.5, 0.6) is 5.75 Å². The SMILES string of the molecule is COc1cccc(N(C)C(C)(C)CO)c1[C@@H](C)O. The van der Waals surface area contributed by atoms with Gasteiger partial charge in [-0.25, -0.2) is 0 Å². The summed E-state index contributed by atoms with van der Waals surface area (Å²) in [6.07, 6.45) is -0.631. The fraction of sp³-hybridized carbons (Fsp3) is 0.571. The van der Waals surface area contributed by atoms with Gasteiger partial charge < -0.3 is 19.8 Å². The van der Waals surface area contributed by atoms with Crippen molar-refractivity contribution in [1.82, 2.24) is 0 Å². The van der Waals surface area contributed by atoms with Crippen LogP contribution in [0.1, 0.15) is 32.4 Å². The molecular weight excluding hydrogens is 230 g/mol. The van der Waals surface area contributed by atoms with Gasteiger partial charge in [0.15, 0.2) is 0 Å². The summed E-state index contributed by atoms with van der Waals surface area (Å²) in [5, 5.41) is 19.4. The second kappa shape index (κ2) is 5.59. The van der Waals surface area contributed by atoms with Gasteiger partial charge in [-0.2, -0.15) is 0 Å². The molecule has 2 N–H and O–H groups in total. The molecule has 1 aromatic rings. The van der Waals surface area contributed by atoms with Crippen LogP contribution >= 0.6 is 0 Å². The Morgan fingerprint density at radius 2 is 2.00 bits per heavy atom. The van der Waals surface area contributed by atoms with Crippen molar-refractivity contribution in [2.24, 2.45) is 0 Å². The summed E-state index contributed by atoms with van der Waals surface area (Å²) in [4.78, 5) is 1.96. The fourth-order valence-electron chi connectivity index (χ4n) is 1.85. The van der Waals surface area contributed by atoms with E-state index >= 15 is 0 Å². The van der Waals surface area contributed by atoms with Gasteiger partial charge in [-0.15, -0.1) is 0 Å². The Bertz CT molecular complexity index is 402. The topological polar surface area (TPSA) is 52.9 Å². The third-order valence-electron chi connectivity index (χ3n) is 3.34. The number of aliphatic hydroxyl groups excluding tert-OH is 2. The highest BCUT2D eigenvalue weighted by Crippen LogP contribution is 2.36. The summed E-state index contributed by atoms with van der Waals surface area (Å²) in [6, 6.07) is 5.62. The van der Waals surface area contributed by atoms with Crippen LogP contribution in [0.2, 0.25) is 0 Å². The van der Waals surface area contributed by atoms with Gasteiger partial charge in [0.1, 0.15) is 5.75 Å². The molecule has 0 aliphatic heterocycles. The number of aliphatic hydroxyl groups is 2. The first-order valence-corrected chi connectivity index (χ1v) is 6.04. The molecule has 1 atom stereocenters. The Balaban J connectivity index is 3.32. The van der Waals surface area contributed by atoms with E-state index in [1.807, 2.05) is 44.0 Å². The normalized spacial score (nSPS) is 13.3. The van der Waals surface area contributed by atoms with Gasteiger partial charge in [-0.05, 0) is 32.9 Å². The molecule has 18 heavy (non-hydrogen) atoms. The van der Waals surface area contributed by atoms with E-state index in [1.165, 1.54) is 0 Å². The van der Waals surface area contributed by atoms with E-state index in [2.05, 4.69) is 0 Å². The highest BCUT2D eigenvalue weighted by Gasteiger charge is 2.26. The average molecular weight is 253 g/mol. The van der Waals surface area contributed by atoms with Gasteiger partial charge in [0.2, 0.25) is 0 Å². The first-order valence-electron chi connectivity index (χ1n) is 6.04. The minimum absolute atomic E-state index is 0.0277. The lowest BCUT2D eigenvalue weighted by Crippen LogP contribution is -2.44. The molecule has 0 aromatic heterocycles.